The number of hydrogen-bond donors (Lipinski definition) is 4. The number of fused-ring (bicyclic) bond motifs is 1. The summed E-state index contributed by atoms with van der Waals surface area (Å²) in [6, 6.07) is 5.11. The van der Waals surface area contributed by atoms with Crippen LogP contribution in [0.5, 0.6) is 11.5 Å². The van der Waals surface area contributed by atoms with E-state index in [0.717, 1.165) is 30.8 Å². The average molecular weight is 898 g/mol. The molecule has 6 rings (SSSR count). The van der Waals surface area contributed by atoms with Gasteiger partial charge in [-0.1, -0.05) is 26.8 Å². The number of pyridine rings is 1. The Balaban J connectivity index is 1.34. The predicted molar refractivity (Wildman–Crippen MR) is 236 cm³/mol. The van der Waals surface area contributed by atoms with E-state index < -0.39 is 66.6 Å². The Hall–Kier alpha value is -4.77. The van der Waals surface area contributed by atoms with Crippen LogP contribution in [0, 0.1) is 11.3 Å². The number of nitrogens with zero attached hydrogens (tertiary/aromatic N) is 3. The molecule has 2 saturated carbocycles. The third-order valence-electron chi connectivity index (χ3n) is 11.1. The third-order valence-corrected chi connectivity index (χ3v) is 13.6. The summed E-state index contributed by atoms with van der Waals surface area (Å²) in [7, 11) is -2.50. The van der Waals surface area contributed by atoms with E-state index in [4.69, 9.17) is 33.2 Å². The van der Waals surface area contributed by atoms with E-state index in [9.17, 15) is 23.7 Å². The number of methoxy groups -OCH3 is 1. The Bertz CT molecular complexity index is 2180. The van der Waals surface area contributed by atoms with Crippen molar-refractivity contribution in [3.05, 3.63) is 42.3 Å². The molecule has 0 bridgehead atoms. The number of amides is 4. The first-order valence-electron chi connectivity index (χ1n) is 21.2. The number of aromatic nitrogens is 2. The van der Waals surface area contributed by atoms with Gasteiger partial charge < -0.3 is 35.1 Å². The summed E-state index contributed by atoms with van der Waals surface area (Å²) in [5, 5.41) is 14.7. The second-order valence-electron chi connectivity index (χ2n) is 17.2. The van der Waals surface area contributed by atoms with E-state index in [-0.39, 0.29) is 44.7 Å². The number of benzene rings is 1. The Labute approximate surface area is 367 Å². The molecule has 4 amide bonds. The van der Waals surface area contributed by atoms with Gasteiger partial charge in [0, 0.05) is 41.3 Å². The van der Waals surface area contributed by atoms with Crippen molar-refractivity contribution >= 4 is 58.9 Å². The fraction of sp³-hybridized carbons (Fsp3) is 0.581. The molecule has 1 saturated heterocycles. The van der Waals surface area contributed by atoms with Gasteiger partial charge in [-0.3, -0.25) is 28.5 Å². The third kappa shape index (κ3) is 10.7. The molecule has 4 N–H and O–H groups in total. The standard InChI is InChI=1S/C43H60N7O10PS/c1-10-26-22-43(26,39(53)49-61(55,57-11-2)58-12-3)48-37(51)34-20-29(23-50(34)38(52)36(42(6,7)8)47-41(54)60-27-15-13-14-16-27)59-35-21-32(33-24-62-40(46-33)44-25(4)5)45-31-19-28(56-9)17-18-30(31)35/h10,17-19,21,24-27,29,34,36H,1,11-16,20,22-23H2,2-9H3,(H,44,46)(H,47,54)(H,48,51)(H,49,53,55)/t26-,29-,34+,36-,43-/m1/s1. The first kappa shape index (κ1) is 46.7. The van der Waals surface area contributed by atoms with Gasteiger partial charge in [0.25, 0.3) is 5.91 Å². The van der Waals surface area contributed by atoms with Crippen LogP contribution in [0.1, 0.15) is 87.0 Å². The maximum absolute atomic E-state index is 14.9. The van der Waals surface area contributed by atoms with Crippen molar-refractivity contribution < 1.29 is 47.0 Å². The number of carbonyl (C=O) groups is 4. The van der Waals surface area contributed by atoms with Crippen LogP contribution in [0.3, 0.4) is 0 Å². The molecule has 2 aliphatic carbocycles. The number of rotatable bonds is 18. The summed E-state index contributed by atoms with van der Waals surface area (Å²) in [5.41, 5.74) is -0.618. The van der Waals surface area contributed by atoms with Crippen molar-refractivity contribution in [1.82, 2.24) is 30.6 Å². The van der Waals surface area contributed by atoms with Crippen LogP contribution in [0.4, 0.5) is 9.93 Å². The average Bonchev–Trinajstić information content (AvgIpc) is 3.62. The number of alkyl carbamates (subject to hydrolysis) is 1. The summed E-state index contributed by atoms with van der Waals surface area (Å²) in [6.07, 6.45) is 3.41. The molecular formula is C43H60N7O10PS. The summed E-state index contributed by atoms with van der Waals surface area (Å²) in [5.74, 6) is -1.44. The molecule has 62 heavy (non-hydrogen) atoms. The van der Waals surface area contributed by atoms with Crippen molar-refractivity contribution in [2.75, 3.05) is 32.2 Å². The van der Waals surface area contributed by atoms with E-state index in [1.165, 1.54) is 22.3 Å². The lowest BCUT2D eigenvalue weighted by atomic mass is 9.85. The highest BCUT2D eigenvalue weighted by atomic mass is 32.1. The van der Waals surface area contributed by atoms with Gasteiger partial charge in [0.05, 0.1) is 38.1 Å². The zero-order chi connectivity index (χ0) is 45.0. The van der Waals surface area contributed by atoms with Crippen LogP contribution in [0.2, 0.25) is 0 Å². The minimum absolute atomic E-state index is 0.00146. The Morgan fingerprint density at radius 3 is 2.37 bits per heavy atom. The van der Waals surface area contributed by atoms with Crippen molar-refractivity contribution in [2.24, 2.45) is 11.3 Å². The normalized spacial score (nSPS) is 22.0. The fourth-order valence-electron chi connectivity index (χ4n) is 7.92. The molecule has 17 nitrogen and oxygen atoms in total. The zero-order valence-electron chi connectivity index (χ0n) is 36.8. The largest absolute Gasteiger partial charge is 0.497 e. The van der Waals surface area contributed by atoms with Crippen molar-refractivity contribution in [2.45, 2.75) is 123 Å². The van der Waals surface area contributed by atoms with Gasteiger partial charge >= 0.3 is 13.8 Å². The number of anilines is 1. The minimum Gasteiger partial charge on any atom is -0.497 e. The molecule has 0 unspecified atom stereocenters. The summed E-state index contributed by atoms with van der Waals surface area (Å²) in [6.45, 7) is 16.5. The lowest BCUT2D eigenvalue weighted by Crippen LogP contribution is -2.60. The van der Waals surface area contributed by atoms with Crippen LogP contribution >= 0.6 is 19.1 Å². The smallest absolute Gasteiger partial charge is 0.434 e. The number of ether oxygens (including phenoxy) is 3. The SMILES string of the molecule is C=C[C@@H]1C[C@]1(NC(=O)[C@@H]1C[C@@H](Oc2cc(-c3csc(NC(C)C)n3)nc3cc(OC)ccc23)CN1C(=O)[C@@H](NC(=O)OC1CCCC1)C(C)(C)C)C(=O)NP(=O)(OCC)OCC. The molecule has 5 atom stereocenters. The lowest BCUT2D eigenvalue weighted by molar-refractivity contribution is -0.143. The maximum Gasteiger partial charge on any atom is 0.434 e. The molecule has 0 radical (unpaired) electrons. The van der Waals surface area contributed by atoms with Gasteiger partial charge in [0.2, 0.25) is 11.8 Å². The highest BCUT2D eigenvalue weighted by molar-refractivity contribution is 7.52. The Morgan fingerprint density at radius 2 is 1.76 bits per heavy atom. The predicted octanol–water partition coefficient (Wildman–Crippen LogP) is 6.98. The number of thiazole rings is 1. The quantitative estimate of drug-likeness (QED) is 0.0752. The Kier molecular flexibility index (Phi) is 14.6. The number of carbonyl (C=O) groups excluding carboxylic acids is 4. The molecule has 3 heterocycles. The van der Waals surface area contributed by atoms with E-state index in [1.807, 2.05) is 46.1 Å². The van der Waals surface area contributed by atoms with Gasteiger partial charge in [0.1, 0.15) is 47.0 Å². The van der Waals surface area contributed by atoms with Gasteiger partial charge in [-0.2, -0.15) is 0 Å². The first-order chi connectivity index (χ1) is 29.4. The number of nitrogens with one attached hydrogen (secondary N) is 4. The molecule has 0 spiro atoms. The van der Waals surface area contributed by atoms with Crippen LogP contribution in [0.25, 0.3) is 22.3 Å². The number of likely N-dealkylation sites (tertiary alicyclic amines) is 1. The topological polar surface area (TPSA) is 209 Å². The molecule has 19 heteroatoms. The van der Waals surface area contributed by atoms with Crippen LogP contribution in [0.15, 0.2) is 42.3 Å². The van der Waals surface area contributed by atoms with Crippen LogP contribution in [-0.4, -0.2) is 101 Å². The van der Waals surface area contributed by atoms with Gasteiger partial charge in [-0.05, 0) is 77.3 Å². The molecule has 3 aromatic rings. The molecular weight excluding hydrogens is 838 g/mol. The molecule has 338 valence electrons. The summed E-state index contributed by atoms with van der Waals surface area (Å²) in [4.78, 5) is 67.8. The highest BCUT2D eigenvalue weighted by Gasteiger charge is 2.62. The fourth-order valence-corrected chi connectivity index (χ4v) is 10.1. The molecule has 2 aromatic heterocycles. The van der Waals surface area contributed by atoms with E-state index in [0.29, 0.717) is 33.8 Å². The number of hydrogen-bond acceptors (Lipinski definition) is 14. The minimum atomic E-state index is -4.07. The Morgan fingerprint density at radius 1 is 1.05 bits per heavy atom. The van der Waals surface area contributed by atoms with E-state index in [2.05, 4.69) is 27.6 Å². The zero-order valence-corrected chi connectivity index (χ0v) is 38.5. The molecule has 3 fully saturated rings. The molecule has 3 aliphatic rings. The molecule has 1 aromatic carbocycles. The summed E-state index contributed by atoms with van der Waals surface area (Å²) >= 11 is 1.45. The van der Waals surface area contributed by atoms with Gasteiger partial charge in [-0.25, -0.2) is 19.3 Å². The summed E-state index contributed by atoms with van der Waals surface area (Å²) < 4.78 is 42.0. The molecule has 1 aliphatic heterocycles. The van der Waals surface area contributed by atoms with Crippen LogP contribution < -0.4 is 30.5 Å². The van der Waals surface area contributed by atoms with Crippen molar-refractivity contribution in [1.29, 1.82) is 0 Å². The monoisotopic (exact) mass is 897 g/mol. The van der Waals surface area contributed by atoms with Crippen molar-refractivity contribution in [3.63, 3.8) is 0 Å². The highest BCUT2D eigenvalue weighted by Crippen LogP contribution is 2.50. The van der Waals surface area contributed by atoms with Crippen molar-refractivity contribution in [3.8, 4) is 22.9 Å². The second kappa shape index (κ2) is 19.3. The van der Waals surface area contributed by atoms with Crippen LogP contribution in [-0.2, 0) is 32.7 Å². The maximum atomic E-state index is 14.9. The van der Waals surface area contributed by atoms with E-state index >= 15 is 0 Å². The van der Waals surface area contributed by atoms with Gasteiger partial charge in [0.15, 0.2) is 5.13 Å². The van der Waals surface area contributed by atoms with E-state index in [1.54, 1.807) is 39.2 Å². The first-order valence-corrected chi connectivity index (χ1v) is 23.7. The second-order valence-corrected chi connectivity index (χ2v) is 19.8. The lowest BCUT2D eigenvalue weighted by Gasteiger charge is -2.35. The van der Waals surface area contributed by atoms with Gasteiger partial charge in [-0.15, -0.1) is 17.9 Å².